The fourth-order valence-corrected chi connectivity index (χ4v) is 2.14. The van der Waals surface area contributed by atoms with Gasteiger partial charge in [0.2, 0.25) is 0 Å². The van der Waals surface area contributed by atoms with Gasteiger partial charge in [-0.15, -0.1) is 0 Å². The Hall–Kier alpha value is -3.07. The third-order valence-corrected chi connectivity index (χ3v) is 3.22. The van der Waals surface area contributed by atoms with Crippen LogP contribution >= 0.6 is 0 Å². The number of carbonyl (C=O) groups is 2. The maximum Gasteiger partial charge on any atom is 0.417 e. The molecule has 0 bridgehead atoms. The van der Waals surface area contributed by atoms with E-state index in [2.05, 4.69) is 16.6 Å². The Morgan fingerprint density at radius 2 is 1.57 bits per heavy atom. The molecular weight excluding hydrogens is 309 g/mol. The maximum absolute atomic E-state index is 12.9. The number of carbonyl (C=O) groups excluding carboxylic acids is 2. The van der Waals surface area contributed by atoms with Crippen LogP contribution in [0.15, 0.2) is 42.5 Å². The fourth-order valence-electron chi connectivity index (χ4n) is 2.14. The molecular formula is C17H7F3O3. The van der Waals surface area contributed by atoms with Gasteiger partial charge in [0.15, 0.2) is 0 Å². The average Bonchev–Trinajstić information content (AvgIpc) is 2.79. The number of hydrogen-bond acceptors (Lipinski definition) is 3. The first-order valence-electron chi connectivity index (χ1n) is 6.45. The van der Waals surface area contributed by atoms with Crippen molar-refractivity contribution in [1.82, 2.24) is 0 Å². The third-order valence-electron chi connectivity index (χ3n) is 3.22. The Balaban J connectivity index is 2.00. The molecule has 0 fully saturated rings. The van der Waals surface area contributed by atoms with Gasteiger partial charge in [-0.3, -0.25) is 0 Å². The standard InChI is InChI=1S/C17H7F3O3/c18-17(19,20)14-4-2-1-3-11(14)7-5-10-6-8-12-13(9-10)16(22)23-15(12)21/h1-4,6,8-9H. The highest BCUT2D eigenvalue weighted by Gasteiger charge is 2.32. The quantitative estimate of drug-likeness (QED) is 0.425. The number of ether oxygens (including phenoxy) is 1. The van der Waals surface area contributed by atoms with E-state index in [-0.39, 0.29) is 16.7 Å². The van der Waals surface area contributed by atoms with Crippen LogP contribution in [0.25, 0.3) is 0 Å². The van der Waals surface area contributed by atoms with Crippen molar-refractivity contribution in [3.05, 3.63) is 70.3 Å². The van der Waals surface area contributed by atoms with Gasteiger partial charge in [-0.1, -0.05) is 24.0 Å². The molecule has 0 saturated heterocycles. The molecule has 0 aromatic heterocycles. The SMILES string of the molecule is O=C1OC(=O)c2cc(C#Cc3ccccc3C(F)(F)F)ccc21. The molecule has 0 spiro atoms. The van der Waals surface area contributed by atoms with Crippen molar-refractivity contribution in [2.75, 3.05) is 0 Å². The maximum atomic E-state index is 12.9. The van der Waals surface area contributed by atoms with E-state index < -0.39 is 23.7 Å². The van der Waals surface area contributed by atoms with Crippen molar-refractivity contribution < 1.29 is 27.5 Å². The van der Waals surface area contributed by atoms with Gasteiger partial charge in [-0.2, -0.15) is 13.2 Å². The van der Waals surface area contributed by atoms with Gasteiger partial charge in [0.25, 0.3) is 0 Å². The Kier molecular flexibility index (Phi) is 3.41. The van der Waals surface area contributed by atoms with Gasteiger partial charge in [0.05, 0.1) is 16.7 Å². The monoisotopic (exact) mass is 316 g/mol. The van der Waals surface area contributed by atoms with Crippen LogP contribution in [0.2, 0.25) is 0 Å². The highest BCUT2D eigenvalue weighted by Crippen LogP contribution is 2.31. The van der Waals surface area contributed by atoms with E-state index in [4.69, 9.17) is 0 Å². The van der Waals surface area contributed by atoms with Crippen LogP contribution in [-0.2, 0) is 10.9 Å². The van der Waals surface area contributed by atoms with Crippen LogP contribution in [0.4, 0.5) is 13.2 Å². The van der Waals surface area contributed by atoms with Gasteiger partial charge in [0, 0.05) is 11.1 Å². The van der Waals surface area contributed by atoms with Crippen molar-refractivity contribution in [2.24, 2.45) is 0 Å². The number of cyclic esters (lactones) is 2. The summed E-state index contributed by atoms with van der Waals surface area (Å²) in [5, 5.41) is 0. The molecule has 23 heavy (non-hydrogen) atoms. The number of benzene rings is 2. The van der Waals surface area contributed by atoms with Crippen LogP contribution in [0.5, 0.6) is 0 Å². The summed E-state index contributed by atoms with van der Waals surface area (Å²) < 4.78 is 43.1. The molecule has 2 aromatic rings. The molecule has 0 N–H and O–H groups in total. The average molecular weight is 316 g/mol. The second-order valence-corrected chi connectivity index (χ2v) is 4.73. The van der Waals surface area contributed by atoms with Crippen LogP contribution in [-0.4, -0.2) is 11.9 Å². The van der Waals surface area contributed by atoms with Crippen molar-refractivity contribution in [3.8, 4) is 11.8 Å². The highest BCUT2D eigenvalue weighted by molar-refractivity contribution is 6.14. The van der Waals surface area contributed by atoms with E-state index in [1.165, 1.54) is 36.4 Å². The predicted molar refractivity (Wildman–Crippen MR) is 73.6 cm³/mol. The zero-order chi connectivity index (χ0) is 16.6. The molecule has 2 aromatic carbocycles. The normalized spacial score (nSPS) is 13.2. The molecule has 0 aliphatic carbocycles. The number of rotatable bonds is 0. The van der Waals surface area contributed by atoms with E-state index in [1.54, 1.807) is 0 Å². The fraction of sp³-hybridized carbons (Fsp3) is 0.0588. The molecule has 3 rings (SSSR count). The third kappa shape index (κ3) is 2.81. The molecule has 1 aliphatic heterocycles. The van der Waals surface area contributed by atoms with Gasteiger partial charge in [-0.25, -0.2) is 9.59 Å². The Bertz CT molecular complexity index is 886. The smallest absolute Gasteiger partial charge is 0.386 e. The van der Waals surface area contributed by atoms with Crippen LogP contribution in [0.3, 0.4) is 0 Å². The Morgan fingerprint density at radius 1 is 0.870 bits per heavy atom. The minimum atomic E-state index is -4.50. The van der Waals surface area contributed by atoms with Crippen molar-refractivity contribution in [2.45, 2.75) is 6.18 Å². The second kappa shape index (κ2) is 5.29. The summed E-state index contributed by atoms with van der Waals surface area (Å²) in [6, 6.07) is 9.09. The summed E-state index contributed by atoms with van der Waals surface area (Å²) in [6.07, 6.45) is -4.50. The van der Waals surface area contributed by atoms with Crippen LogP contribution < -0.4 is 0 Å². The summed E-state index contributed by atoms with van der Waals surface area (Å²) in [6.45, 7) is 0. The van der Waals surface area contributed by atoms with E-state index >= 15 is 0 Å². The first kappa shape index (κ1) is 14.9. The lowest BCUT2D eigenvalue weighted by molar-refractivity contribution is -0.137. The molecule has 0 unspecified atom stereocenters. The molecule has 0 saturated carbocycles. The lowest BCUT2D eigenvalue weighted by atomic mass is 10.0. The minimum absolute atomic E-state index is 0.0610. The Labute approximate surface area is 128 Å². The number of halogens is 3. The summed E-state index contributed by atoms with van der Waals surface area (Å²) in [5.41, 5.74) is -0.503. The summed E-state index contributed by atoms with van der Waals surface area (Å²) >= 11 is 0. The molecule has 0 radical (unpaired) electrons. The van der Waals surface area contributed by atoms with Crippen LogP contribution in [0.1, 0.15) is 37.4 Å². The Morgan fingerprint density at radius 3 is 2.30 bits per heavy atom. The number of hydrogen-bond donors (Lipinski definition) is 0. The lowest BCUT2D eigenvalue weighted by Gasteiger charge is -2.08. The second-order valence-electron chi connectivity index (χ2n) is 4.73. The summed E-state index contributed by atoms with van der Waals surface area (Å²) in [7, 11) is 0. The van der Waals surface area contributed by atoms with Crippen molar-refractivity contribution in [1.29, 1.82) is 0 Å². The first-order valence-corrected chi connectivity index (χ1v) is 6.45. The lowest BCUT2D eigenvalue weighted by Crippen LogP contribution is -2.07. The van der Waals surface area contributed by atoms with Crippen molar-refractivity contribution in [3.63, 3.8) is 0 Å². The highest BCUT2D eigenvalue weighted by atomic mass is 19.4. The molecule has 0 amide bonds. The topological polar surface area (TPSA) is 43.4 Å². The summed E-state index contributed by atoms with van der Waals surface area (Å²) in [5.74, 6) is 3.48. The zero-order valence-corrected chi connectivity index (χ0v) is 11.4. The van der Waals surface area contributed by atoms with Gasteiger partial charge in [-0.05, 0) is 30.3 Å². The molecule has 0 atom stereocenters. The van der Waals surface area contributed by atoms with E-state index in [0.717, 1.165) is 6.07 Å². The van der Waals surface area contributed by atoms with E-state index in [1.807, 2.05) is 0 Å². The molecule has 6 heteroatoms. The molecule has 1 heterocycles. The van der Waals surface area contributed by atoms with Gasteiger partial charge < -0.3 is 4.74 Å². The van der Waals surface area contributed by atoms with E-state index in [0.29, 0.717) is 5.56 Å². The van der Waals surface area contributed by atoms with Crippen molar-refractivity contribution >= 4 is 11.9 Å². The number of alkyl halides is 3. The van der Waals surface area contributed by atoms with Crippen LogP contribution in [0, 0.1) is 11.8 Å². The van der Waals surface area contributed by atoms with Gasteiger partial charge >= 0.3 is 18.1 Å². The minimum Gasteiger partial charge on any atom is -0.386 e. The van der Waals surface area contributed by atoms with E-state index in [9.17, 15) is 22.8 Å². The van der Waals surface area contributed by atoms with Gasteiger partial charge in [0.1, 0.15) is 0 Å². The number of esters is 2. The summed E-state index contributed by atoms with van der Waals surface area (Å²) in [4.78, 5) is 22.8. The zero-order valence-electron chi connectivity index (χ0n) is 11.4. The predicted octanol–water partition coefficient (Wildman–Crippen LogP) is 3.42. The molecule has 1 aliphatic rings. The first-order chi connectivity index (χ1) is 10.9. The largest absolute Gasteiger partial charge is 0.417 e. The number of fused-ring (bicyclic) bond motifs is 1. The molecule has 114 valence electrons. The molecule has 3 nitrogen and oxygen atoms in total.